The van der Waals surface area contributed by atoms with Crippen molar-refractivity contribution in [2.24, 2.45) is 5.92 Å². The summed E-state index contributed by atoms with van der Waals surface area (Å²) in [7, 11) is 0. The number of nitrogens with zero attached hydrogens (tertiary/aromatic N) is 3. The highest BCUT2D eigenvalue weighted by atomic mass is 19.1. The predicted octanol–water partition coefficient (Wildman–Crippen LogP) is 1.96. The molecule has 3 nitrogen and oxygen atoms in total. The number of nitriles is 1. The highest BCUT2D eigenvalue weighted by molar-refractivity contribution is 5.45. The molecule has 0 N–H and O–H groups in total. The van der Waals surface area contributed by atoms with Gasteiger partial charge in [0.25, 0.3) is 0 Å². The molecule has 1 aromatic heterocycles. The van der Waals surface area contributed by atoms with Gasteiger partial charge in [-0.1, -0.05) is 0 Å². The molecule has 78 valence electrons. The molecule has 1 aromatic rings. The molecule has 0 amide bonds. The number of piperidine rings is 1. The van der Waals surface area contributed by atoms with E-state index in [0.717, 1.165) is 31.6 Å². The van der Waals surface area contributed by atoms with Crippen molar-refractivity contribution < 1.29 is 4.39 Å². The topological polar surface area (TPSA) is 39.9 Å². The Morgan fingerprint density at radius 1 is 1.47 bits per heavy atom. The molecule has 0 unspecified atom stereocenters. The second-order valence-corrected chi connectivity index (χ2v) is 3.73. The van der Waals surface area contributed by atoms with E-state index in [1.54, 1.807) is 6.07 Å². The van der Waals surface area contributed by atoms with Crippen LogP contribution in [0, 0.1) is 23.2 Å². The minimum Gasteiger partial charge on any atom is -0.371 e. The van der Waals surface area contributed by atoms with Crippen LogP contribution in [0.1, 0.15) is 12.8 Å². The first-order valence-corrected chi connectivity index (χ1v) is 5.05. The van der Waals surface area contributed by atoms with Crippen molar-refractivity contribution in [3.63, 3.8) is 0 Å². The third-order valence-corrected chi connectivity index (χ3v) is 2.75. The van der Waals surface area contributed by atoms with E-state index >= 15 is 0 Å². The van der Waals surface area contributed by atoms with Gasteiger partial charge in [0.2, 0.25) is 5.95 Å². The number of halogens is 1. The van der Waals surface area contributed by atoms with Crippen LogP contribution in [0.4, 0.5) is 10.1 Å². The van der Waals surface area contributed by atoms with Gasteiger partial charge in [0.1, 0.15) is 0 Å². The van der Waals surface area contributed by atoms with Crippen LogP contribution >= 0.6 is 0 Å². The molecule has 0 bridgehead atoms. The summed E-state index contributed by atoms with van der Waals surface area (Å²) >= 11 is 0. The molecule has 0 atom stereocenters. The summed E-state index contributed by atoms with van der Waals surface area (Å²) in [5.41, 5.74) is 0.860. The van der Waals surface area contributed by atoms with Crippen molar-refractivity contribution in [1.82, 2.24) is 4.98 Å². The fourth-order valence-corrected chi connectivity index (χ4v) is 1.86. The smallest absolute Gasteiger partial charge is 0.214 e. The molecular formula is C11H12FN3. The fraction of sp³-hybridized carbons (Fsp3) is 0.455. The summed E-state index contributed by atoms with van der Waals surface area (Å²) in [5, 5.41) is 8.75. The highest BCUT2D eigenvalue weighted by Gasteiger charge is 2.18. The van der Waals surface area contributed by atoms with E-state index < -0.39 is 5.95 Å². The number of anilines is 1. The number of hydrogen-bond donors (Lipinski definition) is 0. The maximum atomic E-state index is 12.9. The van der Waals surface area contributed by atoms with Gasteiger partial charge >= 0.3 is 0 Å². The fourth-order valence-electron chi connectivity index (χ4n) is 1.86. The van der Waals surface area contributed by atoms with Gasteiger partial charge in [-0.15, -0.1) is 0 Å². The van der Waals surface area contributed by atoms with Gasteiger partial charge < -0.3 is 4.90 Å². The number of aromatic nitrogens is 1. The van der Waals surface area contributed by atoms with Crippen LogP contribution in [0.5, 0.6) is 0 Å². The van der Waals surface area contributed by atoms with Crippen LogP contribution < -0.4 is 4.90 Å². The predicted molar refractivity (Wildman–Crippen MR) is 54.7 cm³/mol. The van der Waals surface area contributed by atoms with Gasteiger partial charge in [0.15, 0.2) is 0 Å². The Labute approximate surface area is 88.2 Å². The Morgan fingerprint density at radius 2 is 2.20 bits per heavy atom. The van der Waals surface area contributed by atoms with E-state index in [1.165, 1.54) is 12.3 Å². The molecule has 1 aliphatic heterocycles. The first-order chi connectivity index (χ1) is 7.29. The average molecular weight is 205 g/mol. The van der Waals surface area contributed by atoms with Crippen molar-refractivity contribution in [2.75, 3.05) is 18.0 Å². The molecular weight excluding hydrogens is 193 g/mol. The SMILES string of the molecule is N#CC1CCN(c2ccnc(F)c2)CC1. The van der Waals surface area contributed by atoms with E-state index in [9.17, 15) is 4.39 Å². The zero-order valence-corrected chi connectivity index (χ0v) is 8.36. The van der Waals surface area contributed by atoms with E-state index in [4.69, 9.17) is 5.26 Å². The van der Waals surface area contributed by atoms with Crippen molar-refractivity contribution in [2.45, 2.75) is 12.8 Å². The van der Waals surface area contributed by atoms with Crippen LogP contribution in [-0.4, -0.2) is 18.1 Å². The molecule has 4 heteroatoms. The zero-order valence-electron chi connectivity index (χ0n) is 8.36. The summed E-state index contributed by atoms with van der Waals surface area (Å²) in [6, 6.07) is 5.51. The van der Waals surface area contributed by atoms with E-state index in [2.05, 4.69) is 16.0 Å². The number of rotatable bonds is 1. The Kier molecular flexibility index (Phi) is 2.82. The molecule has 2 rings (SSSR count). The number of hydrogen-bond acceptors (Lipinski definition) is 3. The quantitative estimate of drug-likeness (QED) is 0.658. The largest absolute Gasteiger partial charge is 0.371 e. The third kappa shape index (κ3) is 2.24. The van der Waals surface area contributed by atoms with Gasteiger partial charge in [0, 0.05) is 37.0 Å². The number of pyridine rings is 1. The summed E-state index contributed by atoms with van der Waals surface area (Å²) < 4.78 is 12.9. The molecule has 2 heterocycles. The lowest BCUT2D eigenvalue weighted by molar-refractivity contribution is 0.486. The minimum atomic E-state index is -0.449. The van der Waals surface area contributed by atoms with Crippen LogP contribution in [0.3, 0.4) is 0 Å². The summed E-state index contributed by atoms with van der Waals surface area (Å²) in [6.45, 7) is 1.64. The van der Waals surface area contributed by atoms with Crippen LogP contribution in [0.2, 0.25) is 0 Å². The Bertz CT molecular complexity index is 378. The lowest BCUT2D eigenvalue weighted by Gasteiger charge is -2.30. The van der Waals surface area contributed by atoms with E-state index in [-0.39, 0.29) is 5.92 Å². The van der Waals surface area contributed by atoms with Gasteiger partial charge in [-0.25, -0.2) is 4.98 Å². The second-order valence-electron chi connectivity index (χ2n) is 3.73. The normalized spacial score (nSPS) is 17.5. The molecule has 0 aliphatic carbocycles. The third-order valence-electron chi connectivity index (χ3n) is 2.75. The van der Waals surface area contributed by atoms with Crippen LogP contribution in [0.25, 0.3) is 0 Å². The maximum Gasteiger partial charge on any atom is 0.214 e. The van der Waals surface area contributed by atoms with Gasteiger partial charge in [-0.3, -0.25) is 0 Å². The summed E-state index contributed by atoms with van der Waals surface area (Å²) in [4.78, 5) is 5.62. The first kappa shape index (κ1) is 9.91. The minimum absolute atomic E-state index is 0.160. The van der Waals surface area contributed by atoms with Gasteiger partial charge in [-0.2, -0.15) is 9.65 Å². The molecule has 15 heavy (non-hydrogen) atoms. The molecule has 1 aliphatic rings. The lowest BCUT2D eigenvalue weighted by Crippen LogP contribution is -2.33. The van der Waals surface area contributed by atoms with Crippen molar-refractivity contribution in [1.29, 1.82) is 5.26 Å². The molecule has 1 saturated heterocycles. The average Bonchev–Trinajstić information content (AvgIpc) is 2.29. The monoisotopic (exact) mass is 205 g/mol. The van der Waals surface area contributed by atoms with E-state index in [1.807, 2.05) is 0 Å². The van der Waals surface area contributed by atoms with Crippen LogP contribution in [-0.2, 0) is 0 Å². The second kappa shape index (κ2) is 4.26. The van der Waals surface area contributed by atoms with Crippen molar-refractivity contribution >= 4 is 5.69 Å². The Morgan fingerprint density at radius 3 is 2.80 bits per heavy atom. The zero-order chi connectivity index (χ0) is 10.7. The van der Waals surface area contributed by atoms with Crippen LogP contribution in [0.15, 0.2) is 18.3 Å². The summed E-state index contributed by atoms with van der Waals surface area (Å²) in [5.74, 6) is -0.289. The molecule has 0 saturated carbocycles. The standard InChI is InChI=1S/C11H12FN3/c12-11-7-10(1-4-14-11)15-5-2-9(8-13)3-6-15/h1,4,7,9H,2-3,5-6H2. The first-order valence-electron chi connectivity index (χ1n) is 5.05. The van der Waals surface area contributed by atoms with Gasteiger partial charge in [0.05, 0.1) is 6.07 Å². The lowest BCUT2D eigenvalue weighted by atomic mass is 9.98. The van der Waals surface area contributed by atoms with Crippen molar-refractivity contribution in [3.05, 3.63) is 24.3 Å². The maximum absolute atomic E-state index is 12.9. The highest BCUT2D eigenvalue weighted by Crippen LogP contribution is 2.22. The van der Waals surface area contributed by atoms with E-state index in [0.29, 0.717) is 0 Å². The Balaban J connectivity index is 2.05. The molecule has 1 fully saturated rings. The molecule has 0 spiro atoms. The summed E-state index contributed by atoms with van der Waals surface area (Å²) in [6.07, 6.45) is 3.20. The molecule has 0 radical (unpaired) electrons. The molecule has 0 aromatic carbocycles. The Hall–Kier alpha value is -1.63. The van der Waals surface area contributed by atoms with Gasteiger partial charge in [-0.05, 0) is 18.9 Å². The van der Waals surface area contributed by atoms with Crippen molar-refractivity contribution in [3.8, 4) is 6.07 Å².